The fourth-order valence-electron chi connectivity index (χ4n) is 3.96. The molecule has 166 valence electrons. The second kappa shape index (κ2) is 7.99. The molecule has 0 bridgehead atoms. The molecule has 0 N–H and O–H groups in total. The van der Waals surface area contributed by atoms with Gasteiger partial charge in [0, 0.05) is 47.4 Å². The summed E-state index contributed by atoms with van der Waals surface area (Å²) in [5.74, 6) is -0.121. The molecule has 10 heteroatoms. The van der Waals surface area contributed by atoms with Gasteiger partial charge >= 0.3 is 0 Å². The molecule has 31 heavy (non-hydrogen) atoms. The molecule has 1 aliphatic rings. The van der Waals surface area contributed by atoms with Crippen molar-refractivity contribution in [3.8, 4) is 0 Å². The number of carbonyl (C=O) groups excluding carboxylic acids is 1. The van der Waals surface area contributed by atoms with Gasteiger partial charge in [0.15, 0.2) is 5.65 Å². The van der Waals surface area contributed by atoms with E-state index in [0.29, 0.717) is 29.2 Å². The smallest absolute Gasteiger partial charge is 0.255 e. The highest BCUT2D eigenvalue weighted by atomic mass is 32.2. The summed E-state index contributed by atoms with van der Waals surface area (Å²) in [6.07, 6.45) is 1.73. The van der Waals surface area contributed by atoms with Crippen LogP contribution in [-0.2, 0) is 10.0 Å². The van der Waals surface area contributed by atoms with Crippen LogP contribution in [0.2, 0.25) is 0 Å². The normalized spacial score (nSPS) is 15.9. The van der Waals surface area contributed by atoms with Crippen molar-refractivity contribution in [2.45, 2.75) is 45.6 Å². The maximum atomic E-state index is 13.2. The van der Waals surface area contributed by atoms with Crippen LogP contribution in [-0.4, -0.2) is 64.5 Å². The van der Waals surface area contributed by atoms with E-state index in [4.69, 9.17) is 0 Å². The van der Waals surface area contributed by atoms with Crippen molar-refractivity contribution in [2.24, 2.45) is 0 Å². The summed E-state index contributed by atoms with van der Waals surface area (Å²) < 4.78 is 29.4. The van der Waals surface area contributed by atoms with E-state index in [-0.39, 0.29) is 25.0 Å². The van der Waals surface area contributed by atoms with Gasteiger partial charge in [0.2, 0.25) is 10.0 Å². The predicted molar refractivity (Wildman–Crippen MR) is 121 cm³/mol. The Bertz CT molecular complexity index is 1250. The molecule has 0 spiro atoms. The fraction of sp³-hybridized carbons (Fsp3) is 0.476. The number of aromatic nitrogens is 3. The first-order valence-electron chi connectivity index (χ1n) is 10.3. The highest BCUT2D eigenvalue weighted by molar-refractivity contribution is 7.89. The molecule has 0 radical (unpaired) electrons. The molecule has 0 atom stereocenters. The number of sulfonamides is 1. The van der Waals surface area contributed by atoms with Gasteiger partial charge in [-0.3, -0.25) is 4.79 Å². The first kappa shape index (κ1) is 21.9. The minimum absolute atomic E-state index is 0.121. The molecule has 4 rings (SSSR count). The summed E-state index contributed by atoms with van der Waals surface area (Å²) in [4.78, 5) is 21.7. The number of carbonyl (C=O) groups is 1. The average Bonchev–Trinajstić information content (AvgIpc) is 3.29. The van der Waals surface area contributed by atoms with Crippen molar-refractivity contribution in [2.75, 3.05) is 26.2 Å². The summed E-state index contributed by atoms with van der Waals surface area (Å²) in [5.41, 5.74) is 1.96. The van der Waals surface area contributed by atoms with E-state index in [9.17, 15) is 13.2 Å². The number of nitrogens with zero attached hydrogens (tertiary/aromatic N) is 5. The molecular weight excluding hydrogens is 434 g/mol. The monoisotopic (exact) mass is 461 g/mol. The number of aryl methyl sites for hydroxylation is 3. The molecule has 8 nitrogen and oxygen atoms in total. The minimum Gasteiger partial charge on any atom is -0.336 e. The Kier molecular flexibility index (Phi) is 5.65. The van der Waals surface area contributed by atoms with Gasteiger partial charge < -0.3 is 4.90 Å². The van der Waals surface area contributed by atoms with Crippen molar-refractivity contribution in [1.29, 1.82) is 0 Å². The highest BCUT2D eigenvalue weighted by Crippen LogP contribution is 2.28. The van der Waals surface area contributed by atoms with Crippen LogP contribution in [0.25, 0.3) is 11.0 Å². The van der Waals surface area contributed by atoms with E-state index >= 15 is 0 Å². The topological polar surface area (TPSA) is 88.4 Å². The summed E-state index contributed by atoms with van der Waals surface area (Å²) in [6, 6.07) is 3.75. The van der Waals surface area contributed by atoms with Crippen molar-refractivity contribution in [3.63, 3.8) is 0 Å². The Labute approximate surface area is 186 Å². The van der Waals surface area contributed by atoms with E-state index in [1.165, 1.54) is 15.6 Å². The number of pyridine rings is 1. The largest absolute Gasteiger partial charge is 0.336 e. The van der Waals surface area contributed by atoms with Crippen LogP contribution in [0.5, 0.6) is 0 Å². The third-order valence-electron chi connectivity index (χ3n) is 5.62. The Morgan fingerprint density at radius 2 is 1.77 bits per heavy atom. The van der Waals surface area contributed by atoms with Crippen LogP contribution < -0.4 is 0 Å². The molecule has 1 fully saturated rings. The first-order valence-corrected chi connectivity index (χ1v) is 12.6. The predicted octanol–water partition coefficient (Wildman–Crippen LogP) is 3.15. The third kappa shape index (κ3) is 3.88. The summed E-state index contributed by atoms with van der Waals surface area (Å²) in [6.45, 7) is 10.9. The zero-order valence-corrected chi connectivity index (χ0v) is 20.0. The third-order valence-corrected chi connectivity index (χ3v) is 8.74. The van der Waals surface area contributed by atoms with Gasteiger partial charge in [0.1, 0.15) is 0 Å². The number of amides is 1. The minimum atomic E-state index is -3.55. The van der Waals surface area contributed by atoms with Crippen molar-refractivity contribution in [1.82, 2.24) is 24.0 Å². The van der Waals surface area contributed by atoms with Gasteiger partial charge in [-0.25, -0.2) is 18.1 Å². The Morgan fingerprint density at radius 1 is 1.10 bits per heavy atom. The molecular formula is C21H27N5O3S2. The van der Waals surface area contributed by atoms with Gasteiger partial charge in [-0.05, 0) is 46.8 Å². The van der Waals surface area contributed by atoms with Crippen LogP contribution in [0.15, 0.2) is 23.2 Å². The lowest BCUT2D eigenvalue weighted by molar-refractivity contribution is 0.0697. The van der Waals surface area contributed by atoms with Crippen molar-refractivity contribution < 1.29 is 13.2 Å². The zero-order valence-electron chi connectivity index (χ0n) is 18.4. The van der Waals surface area contributed by atoms with Gasteiger partial charge in [-0.2, -0.15) is 9.40 Å². The maximum Gasteiger partial charge on any atom is 0.255 e. The highest BCUT2D eigenvalue weighted by Gasteiger charge is 2.32. The van der Waals surface area contributed by atoms with E-state index in [1.807, 2.05) is 45.4 Å². The number of hydrogen-bond acceptors (Lipinski definition) is 6. The SMILES string of the molecule is Cc1cc(S(=O)(=O)N2CCN(C(=O)c3cc4cnn(C(C)C)c4nc3C)CC2)c(C)s1. The second-order valence-corrected chi connectivity index (χ2v) is 11.6. The van der Waals surface area contributed by atoms with Crippen LogP contribution in [0, 0.1) is 20.8 Å². The molecule has 4 heterocycles. The second-order valence-electron chi connectivity index (χ2n) is 8.19. The molecule has 0 unspecified atom stereocenters. The molecule has 1 aliphatic heterocycles. The molecule has 1 saturated heterocycles. The Balaban J connectivity index is 1.52. The summed E-state index contributed by atoms with van der Waals surface area (Å²) in [5, 5.41) is 5.21. The quantitative estimate of drug-likeness (QED) is 0.596. The van der Waals surface area contributed by atoms with E-state index in [2.05, 4.69) is 10.1 Å². The van der Waals surface area contributed by atoms with Crippen LogP contribution in [0.4, 0.5) is 0 Å². The van der Waals surface area contributed by atoms with Gasteiger partial charge in [-0.15, -0.1) is 11.3 Å². The fourth-order valence-corrected chi connectivity index (χ4v) is 6.91. The van der Waals surface area contributed by atoms with Crippen LogP contribution >= 0.6 is 11.3 Å². The van der Waals surface area contributed by atoms with Crippen LogP contribution in [0.3, 0.4) is 0 Å². The molecule has 0 saturated carbocycles. The number of piperazine rings is 1. The molecule has 1 amide bonds. The van der Waals surface area contributed by atoms with Crippen LogP contribution in [0.1, 0.15) is 45.7 Å². The molecule has 0 aliphatic carbocycles. The maximum absolute atomic E-state index is 13.2. The van der Waals surface area contributed by atoms with Gasteiger partial charge in [-0.1, -0.05) is 0 Å². The Hall–Kier alpha value is -2.30. The Morgan fingerprint density at radius 3 is 2.35 bits per heavy atom. The lowest BCUT2D eigenvalue weighted by Gasteiger charge is -2.34. The van der Waals surface area contributed by atoms with E-state index in [1.54, 1.807) is 17.2 Å². The summed E-state index contributed by atoms with van der Waals surface area (Å²) in [7, 11) is -3.55. The van der Waals surface area contributed by atoms with Crippen molar-refractivity contribution >= 4 is 38.3 Å². The molecule has 3 aromatic heterocycles. The van der Waals surface area contributed by atoms with Crippen molar-refractivity contribution in [3.05, 3.63) is 39.3 Å². The summed E-state index contributed by atoms with van der Waals surface area (Å²) >= 11 is 1.48. The number of rotatable bonds is 4. The zero-order chi connectivity index (χ0) is 22.5. The number of hydrogen-bond donors (Lipinski definition) is 0. The first-order chi connectivity index (χ1) is 14.6. The number of thiophene rings is 1. The van der Waals surface area contributed by atoms with Gasteiger partial charge in [0.05, 0.1) is 22.3 Å². The van der Waals surface area contributed by atoms with E-state index in [0.717, 1.165) is 20.8 Å². The van der Waals surface area contributed by atoms with Gasteiger partial charge in [0.25, 0.3) is 5.91 Å². The number of fused-ring (bicyclic) bond motifs is 1. The average molecular weight is 462 g/mol. The standard InChI is InChI=1S/C21H27N5O3S2/c1-13(2)26-20-17(12-22-26)11-18(15(4)23-20)21(27)24-6-8-25(9-7-24)31(28,29)19-10-14(3)30-16(19)5/h10-13H,6-9H2,1-5H3. The molecule has 3 aromatic rings. The lowest BCUT2D eigenvalue weighted by Crippen LogP contribution is -2.50. The molecule has 0 aromatic carbocycles. The van der Waals surface area contributed by atoms with E-state index < -0.39 is 10.0 Å². The lowest BCUT2D eigenvalue weighted by atomic mass is 10.1.